The third kappa shape index (κ3) is 2.57. The van der Waals surface area contributed by atoms with E-state index in [1.54, 1.807) is 6.92 Å². The Hall–Kier alpha value is -2.15. The van der Waals surface area contributed by atoms with Crippen LogP contribution in [0.5, 0.6) is 0 Å². The van der Waals surface area contributed by atoms with E-state index in [1.807, 2.05) is 13.8 Å². The fourth-order valence-corrected chi connectivity index (χ4v) is 3.09. The number of anilines is 1. The highest BCUT2D eigenvalue weighted by atomic mass is 32.1. The second-order valence-electron chi connectivity index (χ2n) is 4.28. The minimum atomic E-state index is -1.04. The van der Waals surface area contributed by atoms with Crippen molar-refractivity contribution in [1.82, 2.24) is 5.16 Å². The van der Waals surface area contributed by atoms with E-state index in [9.17, 15) is 14.7 Å². The largest absolute Gasteiger partial charge is 0.478 e. The molecule has 0 spiro atoms. The number of aromatic carboxylic acids is 1. The molecule has 106 valence electrons. The summed E-state index contributed by atoms with van der Waals surface area (Å²) in [5.74, 6) is -1.00. The van der Waals surface area contributed by atoms with E-state index in [2.05, 4.69) is 10.5 Å². The molecule has 2 aromatic rings. The molecule has 0 aliphatic heterocycles. The molecule has 0 radical (unpaired) electrons. The minimum Gasteiger partial charge on any atom is -0.478 e. The lowest BCUT2D eigenvalue weighted by Crippen LogP contribution is -2.14. The van der Waals surface area contributed by atoms with Crippen LogP contribution in [0.25, 0.3) is 0 Å². The maximum Gasteiger partial charge on any atom is 0.339 e. The van der Waals surface area contributed by atoms with Gasteiger partial charge in [0.1, 0.15) is 10.8 Å². The number of carboxylic acids is 1. The topological polar surface area (TPSA) is 92.4 Å². The van der Waals surface area contributed by atoms with Crippen LogP contribution in [0.15, 0.2) is 10.6 Å². The van der Waals surface area contributed by atoms with E-state index in [0.717, 1.165) is 10.4 Å². The quantitative estimate of drug-likeness (QED) is 0.904. The lowest BCUT2D eigenvalue weighted by Gasteiger charge is -2.02. The van der Waals surface area contributed by atoms with E-state index in [1.165, 1.54) is 17.4 Å². The van der Waals surface area contributed by atoms with Crippen molar-refractivity contribution in [2.75, 3.05) is 5.32 Å². The van der Waals surface area contributed by atoms with Gasteiger partial charge in [-0.25, -0.2) is 4.79 Å². The molecule has 0 saturated heterocycles. The van der Waals surface area contributed by atoms with Crippen molar-refractivity contribution in [3.8, 4) is 0 Å². The first-order chi connectivity index (χ1) is 9.43. The smallest absolute Gasteiger partial charge is 0.339 e. The Bertz CT molecular complexity index is 672. The summed E-state index contributed by atoms with van der Waals surface area (Å²) < 4.78 is 4.83. The van der Waals surface area contributed by atoms with Gasteiger partial charge in [-0.05, 0) is 25.8 Å². The summed E-state index contributed by atoms with van der Waals surface area (Å²) in [6, 6.07) is 1.50. The molecule has 0 aliphatic rings. The second kappa shape index (κ2) is 5.46. The summed E-state index contributed by atoms with van der Waals surface area (Å²) >= 11 is 1.25. The number of carbonyl (C=O) groups is 2. The zero-order valence-corrected chi connectivity index (χ0v) is 12.1. The third-order valence-electron chi connectivity index (χ3n) is 2.86. The number of amides is 1. The molecule has 0 unspecified atom stereocenters. The van der Waals surface area contributed by atoms with Crippen molar-refractivity contribution in [1.29, 1.82) is 0 Å². The predicted octanol–water partition coefficient (Wildman–Crippen LogP) is 2.87. The van der Waals surface area contributed by atoms with Crippen molar-refractivity contribution in [2.24, 2.45) is 0 Å². The molecule has 7 heteroatoms. The van der Waals surface area contributed by atoms with Crippen LogP contribution in [-0.4, -0.2) is 22.1 Å². The summed E-state index contributed by atoms with van der Waals surface area (Å²) in [5.41, 5.74) is 1.03. The number of carbonyl (C=O) groups excluding carboxylic acids is 1. The van der Waals surface area contributed by atoms with Gasteiger partial charge in [0.25, 0.3) is 5.91 Å². The van der Waals surface area contributed by atoms with Crippen molar-refractivity contribution in [3.63, 3.8) is 0 Å². The monoisotopic (exact) mass is 294 g/mol. The van der Waals surface area contributed by atoms with Gasteiger partial charge in [0.05, 0.1) is 5.56 Å². The minimum absolute atomic E-state index is 0.128. The Labute approximate surface area is 119 Å². The average molecular weight is 294 g/mol. The zero-order valence-electron chi connectivity index (χ0n) is 11.3. The highest BCUT2D eigenvalue weighted by molar-refractivity contribution is 7.16. The Kier molecular flexibility index (Phi) is 3.89. The molecule has 0 fully saturated rings. The molecule has 0 bridgehead atoms. The summed E-state index contributed by atoms with van der Waals surface area (Å²) in [7, 11) is 0. The highest BCUT2D eigenvalue weighted by Crippen LogP contribution is 2.33. The standard InChI is InChI=1S/C13H14N2O4S/c1-4-8-7(3)20-12(10(8)13(17)18)14-11(16)9-5-6(2)19-15-9/h5H,4H2,1-3H3,(H,14,16)(H,17,18). The maximum absolute atomic E-state index is 12.0. The maximum atomic E-state index is 12.0. The molecule has 2 N–H and O–H groups in total. The molecule has 2 aromatic heterocycles. The average Bonchev–Trinajstić information content (AvgIpc) is 2.92. The SMILES string of the molecule is CCc1c(C)sc(NC(=O)c2cc(C)on2)c1C(=O)O. The molecule has 1 amide bonds. The first-order valence-electron chi connectivity index (χ1n) is 6.04. The van der Waals surface area contributed by atoms with Crippen LogP contribution < -0.4 is 5.32 Å². The Morgan fingerprint density at radius 2 is 2.15 bits per heavy atom. The lowest BCUT2D eigenvalue weighted by molar-refractivity contribution is 0.0697. The highest BCUT2D eigenvalue weighted by Gasteiger charge is 2.23. The normalized spacial score (nSPS) is 10.6. The van der Waals surface area contributed by atoms with Gasteiger partial charge < -0.3 is 14.9 Å². The number of nitrogens with one attached hydrogen (secondary N) is 1. The second-order valence-corrected chi connectivity index (χ2v) is 5.50. The number of nitrogens with zero attached hydrogens (tertiary/aromatic N) is 1. The van der Waals surface area contributed by atoms with Crippen LogP contribution in [0.3, 0.4) is 0 Å². The van der Waals surface area contributed by atoms with Gasteiger partial charge in [-0.15, -0.1) is 11.3 Å². The van der Waals surface area contributed by atoms with E-state index >= 15 is 0 Å². The molecule has 2 rings (SSSR count). The lowest BCUT2D eigenvalue weighted by atomic mass is 10.1. The van der Waals surface area contributed by atoms with Gasteiger partial charge in [-0.3, -0.25) is 4.79 Å². The molecular weight excluding hydrogens is 280 g/mol. The number of hydrogen-bond acceptors (Lipinski definition) is 5. The Balaban J connectivity index is 2.34. The van der Waals surface area contributed by atoms with Gasteiger partial charge in [0, 0.05) is 10.9 Å². The van der Waals surface area contributed by atoms with Gasteiger partial charge in [0.2, 0.25) is 0 Å². The fourth-order valence-electron chi connectivity index (χ4n) is 1.96. The molecule has 2 heterocycles. The molecule has 20 heavy (non-hydrogen) atoms. The number of hydrogen-bond donors (Lipinski definition) is 2. The number of carboxylic acid groups (broad SMARTS) is 1. The van der Waals surface area contributed by atoms with Crippen LogP contribution in [0.2, 0.25) is 0 Å². The van der Waals surface area contributed by atoms with Crippen LogP contribution in [0, 0.1) is 13.8 Å². The molecule has 0 aliphatic carbocycles. The van der Waals surface area contributed by atoms with Crippen LogP contribution in [0.1, 0.15) is 44.0 Å². The first kappa shape index (κ1) is 14.3. The third-order valence-corrected chi connectivity index (χ3v) is 3.93. The summed E-state index contributed by atoms with van der Waals surface area (Å²) in [4.78, 5) is 24.2. The summed E-state index contributed by atoms with van der Waals surface area (Å²) in [6.45, 7) is 5.40. The van der Waals surface area contributed by atoms with Gasteiger partial charge in [0.15, 0.2) is 5.69 Å². The summed E-state index contributed by atoms with van der Waals surface area (Å²) in [6.07, 6.45) is 0.600. The van der Waals surface area contributed by atoms with Crippen LogP contribution >= 0.6 is 11.3 Å². The fraction of sp³-hybridized carbons (Fsp3) is 0.308. The predicted molar refractivity (Wildman–Crippen MR) is 74.6 cm³/mol. The van der Waals surface area contributed by atoms with Gasteiger partial charge in [-0.1, -0.05) is 12.1 Å². The van der Waals surface area contributed by atoms with Crippen molar-refractivity contribution in [2.45, 2.75) is 27.2 Å². The van der Waals surface area contributed by atoms with E-state index in [0.29, 0.717) is 17.2 Å². The van der Waals surface area contributed by atoms with Crippen molar-refractivity contribution >= 4 is 28.2 Å². The number of aromatic nitrogens is 1. The van der Waals surface area contributed by atoms with Crippen molar-refractivity contribution < 1.29 is 19.2 Å². The first-order valence-corrected chi connectivity index (χ1v) is 6.85. The van der Waals surface area contributed by atoms with Crippen LogP contribution in [-0.2, 0) is 6.42 Å². The van der Waals surface area contributed by atoms with E-state index < -0.39 is 11.9 Å². The molecule has 0 saturated carbocycles. The molecular formula is C13H14N2O4S. The van der Waals surface area contributed by atoms with Gasteiger partial charge in [-0.2, -0.15) is 0 Å². The zero-order chi connectivity index (χ0) is 14.9. The van der Waals surface area contributed by atoms with Gasteiger partial charge >= 0.3 is 5.97 Å². The summed E-state index contributed by atoms with van der Waals surface area (Å²) in [5, 5.41) is 15.8. The van der Waals surface area contributed by atoms with Crippen LogP contribution in [0.4, 0.5) is 5.00 Å². The van der Waals surface area contributed by atoms with E-state index in [-0.39, 0.29) is 11.3 Å². The molecule has 6 nitrogen and oxygen atoms in total. The van der Waals surface area contributed by atoms with E-state index in [4.69, 9.17) is 4.52 Å². The number of rotatable bonds is 4. The number of thiophene rings is 1. The van der Waals surface area contributed by atoms with Crippen molar-refractivity contribution in [3.05, 3.63) is 33.5 Å². The number of aryl methyl sites for hydroxylation is 2. The Morgan fingerprint density at radius 3 is 2.65 bits per heavy atom. The molecule has 0 atom stereocenters. The Morgan fingerprint density at radius 1 is 1.45 bits per heavy atom. The molecule has 0 aromatic carbocycles.